The lowest BCUT2D eigenvalue weighted by atomic mass is 10.0. The highest BCUT2D eigenvalue weighted by molar-refractivity contribution is 6.36. The summed E-state index contributed by atoms with van der Waals surface area (Å²) < 4.78 is 13.5. The molecule has 2 amide bonds. The van der Waals surface area contributed by atoms with Gasteiger partial charge in [0, 0.05) is 30.7 Å². The van der Waals surface area contributed by atoms with Gasteiger partial charge in [-0.3, -0.25) is 19.5 Å². The maximum absolute atomic E-state index is 13.5. The Hall–Kier alpha value is -4.00. The number of anilines is 2. The molecular weight excluding hydrogens is 419 g/mol. The molecule has 0 bridgehead atoms. The fourth-order valence-corrected chi connectivity index (χ4v) is 3.86. The highest BCUT2D eigenvalue weighted by Gasteiger charge is 2.39. The van der Waals surface area contributed by atoms with Crippen molar-refractivity contribution in [2.45, 2.75) is 20.4 Å². The van der Waals surface area contributed by atoms with Gasteiger partial charge in [-0.25, -0.2) is 4.39 Å². The van der Waals surface area contributed by atoms with Crippen molar-refractivity contribution in [3.63, 3.8) is 0 Å². The molecule has 0 radical (unpaired) electrons. The SMILES string of the molecule is CCN(CC)c1ccc(NC2=C(c3ccc(F)cc3)C(=O)N(Cc3ccccn3)C2=O)cc1. The number of amides is 2. The summed E-state index contributed by atoms with van der Waals surface area (Å²) in [5.41, 5.74) is 3.20. The van der Waals surface area contributed by atoms with Crippen LogP contribution in [0.1, 0.15) is 25.1 Å². The minimum absolute atomic E-state index is 0.0509. The van der Waals surface area contributed by atoms with E-state index in [-0.39, 0.29) is 17.8 Å². The summed E-state index contributed by atoms with van der Waals surface area (Å²) in [6.07, 6.45) is 1.62. The van der Waals surface area contributed by atoms with Crippen LogP contribution in [0.2, 0.25) is 0 Å². The van der Waals surface area contributed by atoms with E-state index in [1.807, 2.05) is 24.3 Å². The first-order chi connectivity index (χ1) is 16.0. The van der Waals surface area contributed by atoms with Gasteiger partial charge in [-0.05, 0) is 67.9 Å². The number of nitrogens with one attached hydrogen (secondary N) is 1. The highest BCUT2D eigenvalue weighted by atomic mass is 19.1. The van der Waals surface area contributed by atoms with E-state index < -0.39 is 17.6 Å². The molecule has 0 fully saturated rings. The van der Waals surface area contributed by atoms with Gasteiger partial charge in [0.1, 0.15) is 11.5 Å². The topological polar surface area (TPSA) is 65.5 Å². The molecule has 0 spiro atoms. The number of pyridine rings is 1. The Kier molecular flexibility index (Phi) is 6.49. The van der Waals surface area contributed by atoms with E-state index in [0.717, 1.165) is 23.7 Å². The van der Waals surface area contributed by atoms with Crippen molar-refractivity contribution in [2.75, 3.05) is 23.3 Å². The van der Waals surface area contributed by atoms with Crippen molar-refractivity contribution in [1.82, 2.24) is 9.88 Å². The molecule has 168 valence electrons. The number of hydrogen-bond donors (Lipinski definition) is 1. The zero-order valence-corrected chi connectivity index (χ0v) is 18.6. The Balaban J connectivity index is 1.68. The summed E-state index contributed by atoms with van der Waals surface area (Å²) in [5, 5.41) is 3.14. The minimum Gasteiger partial charge on any atom is -0.372 e. The number of carbonyl (C=O) groups excluding carboxylic acids is 2. The highest BCUT2D eigenvalue weighted by Crippen LogP contribution is 2.32. The van der Waals surface area contributed by atoms with Gasteiger partial charge >= 0.3 is 0 Å². The number of halogens is 1. The molecule has 0 unspecified atom stereocenters. The molecule has 1 aromatic heterocycles. The molecule has 0 saturated carbocycles. The molecule has 6 nitrogen and oxygen atoms in total. The normalized spacial score (nSPS) is 13.6. The second-order valence-corrected chi connectivity index (χ2v) is 7.62. The first-order valence-electron chi connectivity index (χ1n) is 10.9. The first kappa shape index (κ1) is 22.2. The van der Waals surface area contributed by atoms with E-state index >= 15 is 0 Å². The third-order valence-corrected chi connectivity index (χ3v) is 5.61. The van der Waals surface area contributed by atoms with Crippen LogP contribution in [0, 0.1) is 5.82 Å². The molecule has 0 atom stereocenters. The van der Waals surface area contributed by atoms with Crippen LogP contribution in [-0.4, -0.2) is 34.8 Å². The van der Waals surface area contributed by atoms with Crippen molar-refractivity contribution >= 4 is 28.8 Å². The van der Waals surface area contributed by atoms with Crippen LogP contribution in [0.3, 0.4) is 0 Å². The predicted octanol–water partition coefficient (Wildman–Crippen LogP) is 4.46. The maximum Gasteiger partial charge on any atom is 0.278 e. The fourth-order valence-electron chi connectivity index (χ4n) is 3.86. The van der Waals surface area contributed by atoms with Gasteiger partial charge in [0.2, 0.25) is 0 Å². The largest absolute Gasteiger partial charge is 0.372 e. The average molecular weight is 445 g/mol. The number of carbonyl (C=O) groups is 2. The van der Waals surface area contributed by atoms with Crippen LogP contribution < -0.4 is 10.2 Å². The molecule has 0 aliphatic carbocycles. The Morgan fingerprint density at radius 3 is 2.21 bits per heavy atom. The van der Waals surface area contributed by atoms with Gasteiger partial charge < -0.3 is 10.2 Å². The quantitative estimate of drug-likeness (QED) is 0.520. The van der Waals surface area contributed by atoms with Crippen molar-refractivity contribution in [3.05, 3.63) is 95.7 Å². The molecule has 1 aliphatic heterocycles. The van der Waals surface area contributed by atoms with Crippen LogP contribution in [0.4, 0.5) is 15.8 Å². The van der Waals surface area contributed by atoms with Crippen molar-refractivity contribution in [1.29, 1.82) is 0 Å². The Labute approximate surface area is 192 Å². The van der Waals surface area contributed by atoms with Gasteiger partial charge in [0.05, 0.1) is 17.8 Å². The van der Waals surface area contributed by atoms with E-state index in [2.05, 4.69) is 29.0 Å². The van der Waals surface area contributed by atoms with Gasteiger partial charge in [0.25, 0.3) is 11.8 Å². The number of imide groups is 1. The molecule has 4 rings (SSSR count). The monoisotopic (exact) mass is 444 g/mol. The lowest BCUT2D eigenvalue weighted by Gasteiger charge is -2.21. The molecule has 1 N–H and O–H groups in total. The van der Waals surface area contributed by atoms with Crippen LogP contribution in [-0.2, 0) is 16.1 Å². The summed E-state index contributed by atoms with van der Waals surface area (Å²) in [6, 6.07) is 18.6. The third kappa shape index (κ3) is 4.62. The second-order valence-electron chi connectivity index (χ2n) is 7.62. The summed E-state index contributed by atoms with van der Waals surface area (Å²) in [6.45, 7) is 6.01. The molecule has 3 aromatic rings. The molecule has 0 saturated heterocycles. The zero-order valence-electron chi connectivity index (χ0n) is 18.6. The van der Waals surface area contributed by atoms with Crippen molar-refractivity contribution < 1.29 is 14.0 Å². The number of benzene rings is 2. The van der Waals surface area contributed by atoms with E-state index in [0.29, 0.717) is 16.9 Å². The van der Waals surface area contributed by atoms with Crippen LogP contribution >= 0.6 is 0 Å². The molecule has 7 heteroatoms. The summed E-state index contributed by atoms with van der Waals surface area (Å²) in [4.78, 5) is 34.2. The third-order valence-electron chi connectivity index (χ3n) is 5.61. The van der Waals surface area contributed by atoms with Crippen molar-refractivity contribution in [3.8, 4) is 0 Å². The van der Waals surface area contributed by atoms with Crippen LogP contribution in [0.5, 0.6) is 0 Å². The standard InChI is InChI=1S/C26H25FN4O2/c1-3-30(4-2)22-14-12-20(13-15-22)29-24-23(18-8-10-19(27)11-9-18)25(32)31(26(24)33)17-21-7-5-6-16-28-21/h5-16,29H,3-4,17H2,1-2H3. The molecule has 2 aromatic carbocycles. The maximum atomic E-state index is 13.5. The predicted molar refractivity (Wildman–Crippen MR) is 127 cm³/mol. The van der Waals surface area contributed by atoms with Crippen molar-refractivity contribution in [2.24, 2.45) is 0 Å². The Morgan fingerprint density at radius 2 is 1.61 bits per heavy atom. The van der Waals surface area contributed by atoms with E-state index in [1.165, 1.54) is 24.3 Å². The number of hydrogen-bond acceptors (Lipinski definition) is 5. The smallest absolute Gasteiger partial charge is 0.278 e. The molecule has 33 heavy (non-hydrogen) atoms. The molecule has 2 heterocycles. The number of aromatic nitrogens is 1. The Morgan fingerprint density at radius 1 is 0.909 bits per heavy atom. The second kappa shape index (κ2) is 9.65. The number of nitrogens with zero attached hydrogens (tertiary/aromatic N) is 3. The molecular formula is C26H25FN4O2. The summed E-state index contributed by atoms with van der Waals surface area (Å²) >= 11 is 0. The number of rotatable bonds is 8. The zero-order chi connectivity index (χ0) is 23.4. The lowest BCUT2D eigenvalue weighted by molar-refractivity contribution is -0.137. The lowest BCUT2D eigenvalue weighted by Crippen LogP contribution is -2.32. The van der Waals surface area contributed by atoms with Gasteiger partial charge in [0.15, 0.2) is 0 Å². The van der Waals surface area contributed by atoms with Gasteiger partial charge in [-0.1, -0.05) is 18.2 Å². The molecule has 1 aliphatic rings. The summed E-state index contributed by atoms with van der Waals surface area (Å²) in [5.74, 6) is -1.31. The van der Waals surface area contributed by atoms with E-state index in [9.17, 15) is 14.0 Å². The van der Waals surface area contributed by atoms with Crippen LogP contribution in [0.15, 0.2) is 78.6 Å². The van der Waals surface area contributed by atoms with E-state index in [4.69, 9.17) is 0 Å². The fraction of sp³-hybridized carbons (Fsp3) is 0.192. The summed E-state index contributed by atoms with van der Waals surface area (Å²) in [7, 11) is 0. The van der Waals surface area contributed by atoms with Crippen LogP contribution in [0.25, 0.3) is 5.57 Å². The average Bonchev–Trinajstić information content (AvgIpc) is 3.06. The van der Waals surface area contributed by atoms with Gasteiger partial charge in [-0.15, -0.1) is 0 Å². The van der Waals surface area contributed by atoms with Gasteiger partial charge in [-0.2, -0.15) is 0 Å². The Bertz CT molecular complexity index is 1170. The van der Waals surface area contributed by atoms with E-state index in [1.54, 1.807) is 24.4 Å². The first-order valence-corrected chi connectivity index (χ1v) is 10.9. The minimum atomic E-state index is -0.446.